The molecule has 0 aliphatic rings. The lowest BCUT2D eigenvalue weighted by molar-refractivity contribution is -0.383. The largest absolute Gasteiger partial charge is 0.504 e. The van der Waals surface area contributed by atoms with E-state index in [0.29, 0.717) is 0 Å². The third-order valence-corrected chi connectivity index (χ3v) is 3.26. The van der Waals surface area contributed by atoms with Crippen LogP contribution in [0.3, 0.4) is 0 Å². The molecule has 0 spiro atoms. The normalized spacial score (nSPS) is 13.4. The Morgan fingerprint density at radius 1 is 1.17 bits per heavy atom. The van der Waals surface area contributed by atoms with Gasteiger partial charge in [0.2, 0.25) is 0 Å². The lowest BCUT2D eigenvalue weighted by Gasteiger charge is -2.16. The monoisotopic (exact) mass is 351 g/mol. The van der Waals surface area contributed by atoms with E-state index in [9.17, 15) is 25.4 Å². The number of aromatic hydroxyl groups is 1. The van der Waals surface area contributed by atoms with Crippen molar-refractivity contribution in [2.75, 3.05) is 36.9 Å². The number of phenolic OH excluding ortho intramolecular Hbond substituents is 1. The predicted octanol–water partition coefficient (Wildman–Crippen LogP) is -0.516. The molecule has 0 radical (unpaired) electrons. The second kappa shape index (κ2) is 8.70. The van der Waals surface area contributed by atoms with Gasteiger partial charge >= 0.3 is 0 Å². The number of phenols is 1. The number of anilines is 2. The molecule has 0 aliphatic heterocycles. The first kappa shape index (κ1) is 19.2. The highest BCUT2D eigenvalue weighted by Gasteiger charge is 2.24. The molecule has 11 heteroatoms. The van der Waals surface area contributed by atoms with E-state index in [1.807, 2.05) is 0 Å². The van der Waals surface area contributed by atoms with Crippen LogP contribution in [0.5, 0.6) is 5.75 Å². The molecule has 0 fully saturated rings. The molecule has 10 nitrogen and oxygen atoms in total. The Labute approximate surface area is 136 Å². The van der Waals surface area contributed by atoms with Crippen molar-refractivity contribution in [2.45, 2.75) is 12.2 Å². The van der Waals surface area contributed by atoms with Crippen LogP contribution in [-0.4, -0.2) is 69.0 Å². The van der Waals surface area contributed by atoms with Gasteiger partial charge in [-0.15, -0.1) is 0 Å². The van der Waals surface area contributed by atoms with Crippen LogP contribution in [0, 0.1) is 10.1 Å². The second-order valence-corrected chi connectivity index (χ2v) is 5.05. The zero-order valence-corrected chi connectivity index (χ0v) is 12.7. The maximum atomic E-state index is 11.1. The molecule has 0 heterocycles. The minimum atomic E-state index is -1.18. The maximum Gasteiger partial charge on any atom is 0.298 e. The summed E-state index contributed by atoms with van der Waals surface area (Å²) in [6.07, 6.45) is -2.28. The Morgan fingerprint density at radius 2 is 1.70 bits per heavy atom. The first-order chi connectivity index (χ1) is 10.8. The summed E-state index contributed by atoms with van der Waals surface area (Å²) in [4.78, 5) is 10.4. The van der Waals surface area contributed by atoms with E-state index in [4.69, 9.17) is 21.8 Å². The molecule has 0 amide bonds. The molecule has 7 N–H and O–H groups in total. The van der Waals surface area contributed by atoms with Crippen molar-refractivity contribution in [2.24, 2.45) is 0 Å². The molecule has 1 rings (SSSR count). The fraction of sp³-hybridized carbons (Fsp3) is 0.500. The molecule has 0 saturated heterocycles. The van der Waals surface area contributed by atoms with Crippen LogP contribution >= 0.6 is 11.6 Å². The number of aliphatic hydroxyl groups excluding tert-OH is 4. The predicted molar refractivity (Wildman–Crippen MR) is 82.9 cm³/mol. The average Bonchev–Trinajstić information content (AvgIpc) is 2.53. The SMILES string of the molecule is O=[N+]([O-])c1cc(NCC(O)CO)c(Cl)c(O)c1NCC(O)CO. The topological polar surface area (TPSA) is 168 Å². The van der Waals surface area contributed by atoms with E-state index >= 15 is 0 Å². The average molecular weight is 352 g/mol. The maximum absolute atomic E-state index is 11.1. The summed E-state index contributed by atoms with van der Waals surface area (Å²) in [5.74, 6) is -0.619. The van der Waals surface area contributed by atoms with Gasteiger partial charge in [-0.1, -0.05) is 11.6 Å². The summed E-state index contributed by atoms with van der Waals surface area (Å²) >= 11 is 5.92. The number of hydrogen-bond donors (Lipinski definition) is 7. The van der Waals surface area contributed by atoms with E-state index in [1.54, 1.807) is 0 Å². The number of nitro benzene ring substituents is 1. The molecular formula is C12H18ClN3O7. The Balaban J connectivity index is 3.11. The molecule has 1 aromatic rings. The standard InChI is InChI=1S/C12H18ClN3O7/c13-10-8(14-2-6(19)4-17)1-9(16(22)23)11(12(10)21)15-3-7(20)5-18/h1,6-7,14-15,17-21H,2-5H2. The molecule has 2 atom stereocenters. The first-order valence-electron chi connectivity index (χ1n) is 6.57. The smallest absolute Gasteiger partial charge is 0.298 e. The van der Waals surface area contributed by atoms with Gasteiger partial charge in [-0.3, -0.25) is 10.1 Å². The van der Waals surface area contributed by atoms with Gasteiger partial charge in [0.25, 0.3) is 5.69 Å². The third kappa shape index (κ3) is 5.08. The van der Waals surface area contributed by atoms with Gasteiger partial charge in [0.1, 0.15) is 5.02 Å². The van der Waals surface area contributed by atoms with Crippen LogP contribution in [0.2, 0.25) is 5.02 Å². The Kier molecular flexibility index (Phi) is 7.26. The van der Waals surface area contributed by atoms with Crippen molar-refractivity contribution in [1.29, 1.82) is 0 Å². The van der Waals surface area contributed by atoms with Crippen LogP contribution in [-0.2, 0) is 0 Å². The number of nitrogens with zero attached hydrogens (tertiary/aromatic N) is 1. The highest BCUT2D eigenvalue weighted by molar-refractivity contribution is 6.35. The zero-order valence-electron chi connectivity index (χ0n) is 11.9. The van der Waals surface area contributed by atoms with Crippen molar-refractivity contribution in [1.82, 2.24) is 0 Å². The molecule has 23 heavy (non-hydrogen) atoms. The number of nitro groups is 1. The van der Waals surface area contributed by atoms with Gasteiger partial charge in [-0.05, 0) is 0 Å². The lowest BCUT2D eigenvalue weighted by atomic mass is 10.2. The highest BCUT2D eigenvalue weighted by Crippen LogP contribution is 2.44. The fourth-order valence-electron chi connectivity index (χ4n) is 1.65. The fourth-order valence-corrected chi connectivity index (χ4v) is 1.87. The first-order valence-corrected chi connectivity index (χ1v) is 6.95. The van der Waals surface area contributed by atoms with Gasteiger partial charge in [0.05, 0.1) is 36.0 Å². The van der Waals surface area contributed by atoms with Crippen LogP contribution in [0.1, 0.15) is 0 Å². The van der Waals surface area contributed by atoms with Crippen molar-refractivity contribution in [3.05, 3.63) is 21.2 Å². The Morgan fingerprint density at radius 3 is 2.17 bits per heavy atom. The van der Waals surface area contributed by atoms with Crippen molar-refractivity contribution in [3.8, 4) is 5.75 Å². The van der Waals surface area contributed by atoms with E-state index in [-0.39, 0.29) is 29.5 Å². The molecular weight excluding hydrogens is 334 g/mol. The van der Waals surface area contributed by atoms with Gasteiger partial charge in [0, 0.05) is 19.2 Å². The van der Waals surface area contributed by atoms with Gasteiger partial charge in [-0.2, -0.15) is 0 Å². The zero-order chi connectivity index (χ0) is 17.6. The van der Waals surface area contributed by atoms with E-state index < -0.39 is 41.8 Å². The van der Waals surface area contributed by atoms with Gasteiger partial charge < -0.3 is 36.2 Å². The number of hydrogen-bond acceptors (Lipinski definition) is 9. The van der Waals surface area contributed by atoms with Crippen molar-refractivity contribution < 1.29 is 30.5 Å². The number of rotatable bonds is 9. The van der Waals surface area contributed by atoms with Gasteiger partial charge in [-0.25, -0.2) is 0 Å². The van der Waals surface area contributed by atoms with Gasteiger partial charge in [0.15, 0.2) is 11.4 Å². The summed E-state index contributed by atoms with van der Waals surface area (Å²) in [7, 11) is 0. The summed E-state index contributed by atoms with van der Waals surface area (Å²) < 4.78 is 0. The summed E-state index contributed by atoms with van der Waals surface area (Å²) in [6.45, 7) is -1.45. The molecule has 1 aromatic carbocycles. The van der Waals surface area contributed by atoms with E-state index in [1.165, 1.54) is 0 Å². The highest BCUT2D eigenvalue weighted by atomic mass is 35.5. The van der Waals surface area contributed by atoms with Crippen molar-refractivity contribution in [3.63, 3.8) is 0 Å². The lowest BCUT2D eigenvalue weighted by Crippen LogP contribution is -2.24. The van der Waals surface area contributed by atoms with Crippen LogP contribution < -0.4 is 10.6 Å². The Hall–Kier alpha value is -1.85. The summed E-state index contributed by atoms with van der Waals surface area (Å²) in [6, 6.07) is 1.04. The van der Waals surface area contributed by atoms with E-state index in [0.717, 1.165) is 6.07 Å². The van der Waals surface area contributed by atoms with Crippen molar-refractivity contribution >= 4 is 28.7 Å². The minimum Gasteiger partial charge on any atom is -0.504 e. The summed E-state index contributed by atoms with van der Waals surface area (Å²) in [5.41, 5.74) is -0.824. The molecule has 0 bridgehead atoms. The number of aliphatic hydroxyl groups is 4. The van der Waals surface area contributed by atoms with Crippen LogP contribution in [0.15, 0.2) is 6.07 Å². The summed E-state index contributed by atoms with van der Waals surface area (Å²) in [5, 5.41) is 62.0. The molecule has 0 saturated carbocycles. The number of halogens is 1. The van der Waals surface area contributed by atoms with E-state index in [2.05, 4.69) is 10.6 Å². The van der Waals surface area contributed by atoms with Crippen LogP contribution in [0.4, 0.5) is 17.1 Å². The third-order valence-electron chi connectivity index (χ3n) is 2.88. The number of nitrogens with one attached hydrogen (secondary N) is 2. The number of benzene rings is 1. The van der Waals surface area contributed by atoms with Crippen LogP contribution in [0.25, 0.3) is 0 Å². The molecule has 2 unspecified atom stereocenters. The quantitative estimate of drug-likeness (QED) is 0.176. The second-order valence-electron chi connectivity index (χ2n) is 4.67. The molecule has 130 valence electrons. The Bertz CT molecular complexity index is 558. The minimum absolute atomic E-state index is 0.00313. The molecule has 0 aromatic heterocycles. The molecule has 0 aliphatic carbocycles.